The average Bonchev–Trinajstić information content (AvgIpc) is 3.09. The molecule has 3 rings (SSSR count). The Morgan fingerprint density at radius 2 is 2.07 bits per heavy atom. The van der Waals surface area contributed by atoms with Crippen LogP contribution in [0.2, 0.25) is 0 Å². The second-order valence-electron chi connectivity index (χ2n) is 6.50. The molecular weight excluding hydrogens is 348 g/mol. The number of hydrogen-bond acceptors (Lipinski definition) is 5. The molecule has 2 heterocycles. The Bertz CT molecular complexity index is 893. The lowest BCUT2D eigenvalue weighted by Crippen LogP contribution is -2.36. The molecule has 2 aromatic rings. The molecule has 0 spiro atoms. The van der Waals surface area contributed by atoms with Crippen molar-refractivity contribution in [2.75, 3.05) is 33.4 Å². The quantitative estimate of drug-likeness (QED) is 0.692. The third kappa shape index (κ3) is 4.33. The van der Waals surface area contributed by atoms with Gasteiger partial charge in [-0.3, -0.25) is 19.0 Å². The fraction of sp³-hybridized carbons (Fsp3) is 0.474. The molecule has 1 N–H and O–H groups in total. The summed E-state index contributed by atoms with van der Waals surface area (Å²) in [4.78, 5) is 43.2. The molecule has 1 aliphatic heterocycles. The summed E-state index contributed by atoms with van der Waals surface area (Å²) in [6, 6.07) is 6.96. The first-order chi connectivity index (χ1) is 13.1. The highest BCUT2D eigenvalue weighted by atomic mass is 16.5. The fourth-order valence-corrected chi connectivity index (χ4v) is 3.22. The molecule has 27 heavy (non-hydrogen) atoms. The van der Waals surface area contributed by atoms with Crippen LogP contribution in [0.4, 0.5) is 0 Å². The summed E-state index contributed by atoms with van der Waals surface area (Å²) in [5, 5.41) is 3.28. The van der Waals surface area contributed by atoms with Gasteiger partial charge in [0.15, 0.2) is 0 Å². The van der Waals surface area contributed by atoms with E-state index in [-0.39, 0.29) is 23.8 Å². The van der Waals surface area contributed by atoms with Crippen LogP contribution in [0.1, 0.15) is 29.9 Å². The number of nitrogens with one attached hydrogen (secondary N) is 1. The lowest BCUT2D eigenvalue weighted by molar-refractivity contribution is -0.127. The van der Waals surface area contributed by atoms with E-state index in [9.17, 15) is 14.4 Å². The summed E-state index contributed by atoms with van der Waals surface area (Å²) in [5.41, 5.74) is 0.231. The van der Waals surface area contributed by atoms with Gasteiger partial charge in [-0.2, -0.15) is 0 Å². The van der Waals surface area contributed by atoms with Gasteiger partial charge in [-0.15, -0.1) is 0 Å². The Hall–Kier alpha value is -2.74. The first-order valence-corrected chi connectivity index (χ1v) is 9.16. The Morgan fingerprint density at radius 3 is 2.81 bits per heavy atom. The Morgan fingerprint density at radius 1 is 1.26 bits per heavy atom. The number of fused-ring (bicyclic) bond motifs is 1. The topological polar surface area (TPSA) is 93.5 Å². The summed E-state index contributed by atoms with van der Waals surface area (Å²) in [6.45, 7) is 2.38. The number of amides is 2. The normalized spacial score (nSPS) is 14.1. The van der Waals surface area contributed by atoms with Gasteiger partial charge in [0.25, 0.3) is 11.5 Å². The maximum atomic E-state index is 12.7. The van der Waals surface area contributed by atoms with E-state index in [0.29, 0.717) is 43.4 Å². The Labute approximate surface area is 157 Å². The predicted molar refractivity (Wildman–Crippen MR) is 101 cm³/mol. The van der Waals surface area contributed by atoms with Crippen molar-refractivity contribution in [2.45, 2.75) is 25.8 Å². The van der Waals surface area contributed by atoms with Gasteiger partial charge >= 0.3 is 0 Å². The molecule has 8 nitrogen and oxygen atoms in total. The second-order valence-corrected chi connectivity index (χ2v) is 6.50. The van der Waals surface area contributed by atoms with Gasteiger partial charge in [0, 0.05) is 33.2 Å². The number of nitrogens with zero attached hydrogens (tertiary/aromatic N) is 3. The van der Waals surface area contributed by atoms with Gasteiger partial charge in [-0.1, -0.05) is 12.1 Å². The summed E-state index contributed by atoms with van der Waals surface area (Å²) in [5.74, 6) is -0.152. The Balaban J connectivity index is 1.72. The lowest BCUT2D eigenvalue weighted by Gasteiger charge is -2.16. The van der Waals surface area contributed by atoms with Gasteiger partial charge in [0.1, 0.15) is 0 Å². The van der Waals surface area contributed by atoms with E-state index in [1.807, 2.05) is 4.90 Å². The van der Waals surface area contributed by atoms with Crippen LogP contribution in [0.15, 0.2) is 29.1 Å². The fourth-order valence-electron chi connectivity index (χ4n) is 3.22. The van der Waals surface area contributed by atoms with Crippen LogP contribution in [0, 0.1) is 0 Å². The second kappa shape index (κ2) is 8.77. The minimum atomic E-state index is -0.401. The standard InChI is InChI=1S/C19H24N4O4/c1-27-13-12-23-17(21-15-7-3-2-6-14(15)19(23)26)18(25)20-9-5-11-22-10-4-8-16(22)24/h2-3,6-7H,4-5,8-13H2,1H3,(H,20,25). The molecule has 1 aromatic carbocycles. The van der Waals surface area contributed by atoms with Crippen LogP contribution in [-0.2, 0) is 16.1 Å². The number of benzene rings is 1. The first-order valence-electron chi connectivity index (χ1n) is 9.16. The lowest BCUT2D eigenvalue weighted by atomic mass is 10.2. The van der Waals surface area contributed by atoms with Crippen LogP contribution in [0.3, 0.4) is 0 Å². The maximum absolute atomic E-state index is 12.7. The monoisotopic (exact) mass is 372 g/mol. The molecule has 2 amide bonds. The van der Waals surface area contributed by atoms with Crippen LogP contribution in [-0.4, -0.2) is 59.6 Å². The molecule has 0 saturated carbocycles. The van der Waals surface area contributed by atoms with Crippen molar-refractivity contribution in [1.82, 2.24) is 19.8 Å². The molecule has 0 radical (unpaired) electrons. The highest BCUT2D eigenvalue weighted by Crippen LogP contribution is 2.10. The minimum Gasteiger partial charge on any atom is -0.383 e. The zero-order chi connectivity index (χ0) is 19.2. The highest BCUT2D eigenvalue weighted by Gasteiger charge is 2.20. The summed E-state index contributed by atoms with van der Waals surface area (Å²) in [6.07, 6.45) is 2.17. The smallest absolute Gasteiger partial charge is 0.287 e. The van der Waals surface area contributed by atoms with Crippen LogP contribution in [0.25, 0.3) is 10.9 Å². The number of carbonyl (C=O) groups is 2. The zero-order valence-corrected chi connectivity index (χ0v) is 15.4. The molecule has 1 saturated heterocycles. The molecule has 1 aliphatic rings. The van der Waals surface area contributed by atoms with Gasteiger partial charge in [-0.05, 0) is 25.0 Å². The van der Waals surface area contributed by atoms with Crippen molar-refractivity contribution in [3.8, 4) is 0 Å². The number of rotatable bonds is 8. The number of ether oxygens (including phenoxy) is 1. The van der Waals surface area contributed by atoms with Crippen LogP contribution in [0.5, 0.6) is 0 Å². The number of likely N-dealkylation sites (tertiary alicyclic amines) is 1. The van der Waals surface area contributed by atoms with Crippen LogP contribution < -0.4 is 10.9 Å². The summed E-state index contributed by atoms with van der Waals surface area (Å²) < 4.78 is 6.41. The molecule has 1 aromatic heterocycles. The number of hydrogen-bond donors (Lipinski definition) is 1. The SMILES string of the molecule is COCCn1c(C(=O)NCCCN2CCCC2=O)nc2ccccc2c1=O. The van der Waals surface area contributed by atoms with Gasteiger partial charge in [-0.25, -0.2) is 4.98 Å². The third-order valence-electron chi connectivity index (χ3n) is 4.65. The van der Waals surface area contributed by atoms with Crippen molar-refractivity contribution in [1.29, 1.82) is 0 Å². The number of methoxy groups -OCH3 is 1. The van der Waals surface area contributed by atoms with E-state index in [4.69, 9.17) is 4.74 Å². The maximum Gasteiger partial charge on any atom is 0.287 e. The predicted octanol–water partition coefficient (Wildman–Crippen LogP) is 0.785. The number of para-hydroxylation sites is 1. The van der Waals surface area contributed by atoms with E-state index >= 15 is 0 Å². The summed E-state index contributed by atoms with van der Waals surface area (Å²) >= 11 is 0. The molecule has 144 valence electrons. The van der Waals surface area contributed by atoms with Gasteiger partial charge in [0.05, 0.1) is 24.1 Å². The van der Waals surface area contributed by atoms with Crippen molar-refractivity contribution < 1.29 is 14.3 Å². The minimum absolute atomic E-state index is 0.0769. The van der Waals surface area contributed by atoms with Gasteiger partial charge in [0.2, 0.25) is 11.7 Å². The molecule has 8 heteroatoms. The van der Waals surface area contributed by atoms with Crippen LogP contribution >= 0.6 is 0 Å². The molecule has 0 atom stereocenters. The van der Waals surface area contributed by atoms with E-state index in [1.54, 1.807) is 31.4 Å². The molecule has 1 fully saturated rings. The van der Waals surface area contributed by atoms with Crippen molar-refractivity contribution >= 4 is 22.7 Å². The van der Waals surface area contributed by atoms with E-state index in [1.165, 1.54) is 4.57 Å². The Kier molecular flexibility index (Phi) is 6.18. The largest absolute Gasteiger partial charge is 0.383 e. The molecule has 0 bridgehead atoms. The van der Waals surface area contributed by atoms with E-state index < -0.39 is 5.91 Å². The molecule has 0 unspecified atom stereocenters. The average molecular weight is 372 g/mol. The zero-order valence-electron chi connectivity index (χ0n) is 15.4. The number of aromatic nitrogens is 2. The van der Waals surface area contributed by atoms with Crippen molar-refractivity contribution in [2.24, 2.45) is 0 Å². The van der Waals surface area contributed by atoms with E-state index in [2.05, 4.69) is 10.3 Å². The number of carbonyl (C=O) groups excluding carboxylic acids is 2. The highest BCUT2D eigenvalue weighted by molar-refractivity contribution is 5.93. The van der Waals surface area contributed by atoms with Crippen molar-refractivity contribution in [3.05, 3.63) is 40.4 Å². The third-order valence-corrected chi connectivity index (χ3v) is 4.65. The summed E-state index contributed by atoms with van der Waals surface area (Å²) in [7, 11) is 1.54. The molecule has 0 aliphatic carbocycles. The molecular formula is C19H24N4O4. The van der Waals surface area contributed by atoms with Crippen molar-refractivity contribution in [3.63, 3.8) is 0 Å². The van der Waals surface area contributed by atoms with Gasteiger partial charge < -0.3 is 15.0 Å². The first kappa shape index (κ1) is 19.0. The van der Waals surface area contributed by atoms with E-state index in [0.717, 1.165) is 13.0 Å².